The van der Waals surface area contributed by atoms with Gasteiger partial charge in [-0.05, 0) is 55.5 Å². The second-order valence-electron chi connectivity index (χ2n) is 9.02. The van der Waals surface area contributed by atoms with E-state index in [9.17, 15) is 18.0 Å². The largest absolute Gasteiger partial charge is 0.490 e. The van der Waals surface area contributed by atoms with Gasteiger partial charge < -0.3 is 19.9 Å². The summed E-state index contributed by atoms with van der Waals surface area (Å²) in [5, 5.41) is 10.6. The summed E-state index contributed by atoms with van der Waals surface area (Å²) >= 11 is 0. The minimum atomic E-state index is -5.08. The fourth-order valence-electron chi connectivity index (χ4n) is 4.90. The zero-order chi connectivity index (χ0) is 25.1. The fourth-order valence-corrected chi connectivity index (χ4v) is 4.90. The van der Waals surface area contributed by atoms with Crippen molar-refractivity contribution in [3.63, 3.8) is 0 Å². The molecule has 1 aromatic heterocycles. The Labute approximate surface area is 200 Å². The molecule has 10 heteroatoms. The molecule has 2 aliphatic heterocycles. The van der Waals surface area contributed by atoms with Crippen molar-refractivity contribution in [2.75, 3.05) is 26.2 Å². The Balaban J connectivity index is 0.000000364. The van der Waals surface area contributed by atoms with Gasteiger partial charge in [-0.25, -0.2) is 9.78 Å². The number of amides is 1. The number of benzene rings is 2. The maximum absolute atomic E-state index is 13.8. The Morgan fingerprint density at radius 2 is 1.63 bits per heavy atom. The Kier molecular flexibility index (Phi) is 7.11. The Morgan fingerprint density at radius 3 is 2.29 bits per heavy atom. The predicted molar refractivity (Wildman–Crippen MR) is 124 cm³/mol. The molecule has 1 spiro atoms. The molecule has 2 fully saturated rings. The summed E-state index contributed by atoms with van der Waals surface area (Å²) in [6, 6.07) is 17.8. The molecule has 2 aliphatic rings. The van der Waals surface area contributed by atoms with Crippen molar-refractivity contribution in [2.24, 2.45) is 5.41 Å². The normalized spacial score (nSPS) is 18.2. The number of carbonyl (C=O) groups excluding carboxylic acids is 1. The van der Waals surface area contributed by atoms with Crippen LogP contribution in [0.3, 0.4) is 0 Å². The van der Waals surface area contributed by atoms with Crippen LogP contribution in [0, 0.1) is 5.41 Å². The zero-order valence-electron chi connectivity index (χ0n) is 19.0. The van der Waals surface area contributed by atoms with E-state index in [1.165, 1.54) is 12.8 Å². The van der Waals surface area contributed by atoms with E-state index in [-0.39, 0.29) is 11.9 Å². The van der Waals surface area contributed by atoms with Gasteiger partial charge in [-0.1, -0.05) is 42.5 Å². The van der Waals surface area contributed by atoms with Gasteiger partial charge in [-0.3, -0.25) is 4.79 Å². The summed E-state index contributed by atoms with van der Waals surface area (Å²) in [6.45, 7) is 3.87. The summed E-state index contributed by atoms with van der Waals surface area (Å²) in [7, 11) is 0. The molecule has 1 atom stereocenters. The van der Waals surface area contributed by atoms with E-state index in [0.29, 0.717) is 5.41 Å². The number of halogens is 3. The summed E-state index contributed by atoms with van der Waals surface area (Å²) < 4.78 is 33.8. The van der Waals surface area contributed by atoms with Gasteiger partial charge in [0, 0.05) is 13.1 Å². The summed E-state index contributed by atoms with van der Waals surface area (Å²) in [5.41, 5.74) is 3.24. The quantitative estimate of drug-likeness (QED) is 0.585. The van der Waals surface area contributed by atoms with Crippen LogP contribution in [0.4, 0.5) is 13.2 Å². The molecule has 5 rings (SSSR count). The van der Waals surface area contributed by atoms with Crippen molar-refractivity contribution >= 4 is 22.9 Å². The molecule has 3 heterocycles. The van der Waals surface area contributed by atoms with Crippen molar-refractivity contribution in [2.45, 2.75) is 31.5 Å². The number of nitrogens with one attached hydrogen (secondary N) is 1. The van der Waals surface area contributed by atoms with E-state index >= 15 is 0 Å². The molecule has 3 aromatic rings. The van der Waals surface area contributed by atoms with Crippen molar-refractivity contribution < 1.29 is 27.9 Å². The second kappa shape index (κ2) is 10.1. The van der Waals surface area contributed by atoms with Gasteiger partial charge in [-0.2, -0.15) is 13.2 Å². The number of carboxylic acids is 1. The summed E-state index contributed by atoms with van der Waals surface area (Å²) in [5.74, 6) is -2.57. The predicted octanol–water partition coefficient (Wildman–Crippen LogP) is 3.86. The second-order valence-corrected chi connectivity index (χ2v) is 9.02. The highest BCUT2D eigenvalue weighted by molar-refractivity contribution is 5.87. The lowest BCUT2D eigenvalue weighted by Crippen LogP contribution is -2.41. The van der Waals surface area contributed by atoms with E-state index in [0.717, 1.165) is 49.2 Å². The average Bonchev–Trinajstić information content (AvgIpc) is 3.45. The minimum Gasteiger partial charge on any atom is -0.475 e. The lowest BCUT2D eigenvalue weighted by atomic mass is 9.78. The lowest BCUT2D eigenvalue weighted by Gasteiger charge is -2.34. The smallest absolute Gasteiger partial charge is 0.475 e. The number of carboxylic acid groups (broad SMARTS) is 1. The van der Waals surface area contributed by atoms with E-state index in [1.54, 1.807) is 0 Å². The molecule has 7 nitrogen and oxygen atoms in total. The van der Waals surface area contributed by atoms with Crippen LogP contribution >= 0.6 is 0 Å². The molecule has 2 aromatic carbocycles. The average molecular weight is 489 g/mol. The molecule has 186 valence electrons. The molecule has 1 amide bonds. The van der Waals surface area contributed by atoms with Gasteiger partial charge in [0.15, 0.2) is 0 Å². The lowest BCUT2D eigenvalue weighted by molar-refractivity contribution is -0.192. The zero-order valence-corrected chi connectivity index (χ0v) is 19.0. The molecule has 0 radical (unpaired) electrons. The van der Waals surface area contributed by atoms with Crippen LogP contribution in [-0.2, 0) is 9.59 Å². The number of hydrogen-bond donors (Lipinski definition) is 2. The van der Waals surface area contributed by atoms with Gasteiger partial charge in [-0.15, -0.1) is 0 Å². The molecule has 0 aliphatic carbocycles. The highest BCUT2D eigenvalue weighted by atomic mass is 19.4. The molecular weight excluding hydrogens is 461 g/mol. The number of alkyl halides is 3. The van der Waals surface area contributed by atoms with E-state index in [2.05, 4.69) is 15.2 Å². The Bertz CT molecular complexity index is 1170. The molecule has 0 bridgehead atoms. The third kappa shape index (κ3) is 5.48. The SMILES string of the molecule is O=C(C(c1ccccc1)n1cnc2ccccc21)N1CCC2(CCNCC2)C1.O=C(O)C(F)(F)F. The van der Waals surface area contributed by atoms with Gasteiger partial charge in [0.1, 0.15) is 6.04 Å². The minimum absolute atomic E-state index is 0.185. The van der Waals surface area contributed by atoms with Gasteiger partial charge in [0.2, 0.25) is 5.91 Å². The number of nitrogens with zero attached hydrogens (tertiary/aromatic N) is 3. The molecule has 35 heavy (non-hydrogen) atoms. The highest BCUT2D eigenvalue weighted by Gasteiger charge is 2.42. The first-order valence-electron chi connectivity index (χ1n) is 11.5. The van der Waals surface area contributed by atoms with E-state index in [1.807, 2.05) is 65.5 Å². The number of fused-ring (bicyclic) bond motifs is 1. The van der Waals surface area contributed by atoms with E-state index < -0.39 is 12.1 Å². The van der Waals surface area contributed by atoms with Crippen LogP contribution in [-0.4, -0.2) is 63.8 Å². The summed E-state index contributed by atoms with van der Waals surface area (Å²) in [4.78, 5) is 29.3. The first kappa shape index (κ1) is 24.7. The van der Waals surface area contributed by atoms with Gasteiger partial charge >= 0.3 is 12.1 Å². The molecule has 2 N–H and O–H groups in total. The number of aliphatic carboxylic acids is 1. The molecule has 0 saturated carbocycles. The van der Waals surface area contributed by atoms with Crippen LogP contribution in [0.25, 0.3) is 11.0 Å². The number of carbonyl (C=O) groups is 2. The fraction of sp³-hybridized carbons (Fsp3) is 0.400. The van der Waals surface area contributed by atoms with Crippen LogP contribution in [0.5, 0.6) is 0 Å². The number of piperidine rings is 1. The van der Waals surface area contributed by atoms with Crippen molar-refractivity contribution in [1.29, 1.82) is 0 Å². The number of imidazole rings is 1. The summed E-state index contributed by atoms with van der Waals surface area (Å²) in [6.07, 6.45) is 0.185. The molecule has 2 saturated heterocycles. The number of likely N-dealkylation sites (tertiary alicyclic amines) is 1. The molecular formula is C25H27F3N4O3. The maximum Gasteiger partial charge on any atom is 0.490 e. The van der Waals surface area contributed by atoms with E-state index in [4.69, 9.17) is 9.90 Å². The number of para-hydroxylation sites is 2. The van der Waals surface area contributed by atoms with Crippen molar-refractivity contribution in [1.82, 2.24) is 19.8 Å². The van der Waals surface area contributed by atoms with Gasteiger partial charge in [0.05, 0.1) is 17.4 Å². The maximum atomic E-state index is 13.8. The topological polar surface area (TPSA) is 87.5 Å². The number of aromatic nitrogens is 2. The highest BCUT2D eigenvalue weighted by Crippen LogP contribution is 2.40. The number of hydrogen-bond acceptors (Lipinski definition) is 4. The monoisotopic (exact) mass is 488 g/mol. The standard InChI is InChI=1S/C23H26N4O.C2HF3O2/c28-22(26-15-12-23(16-26)10-13-24-14-11-23)21(18-6-2-1-3-7-18)27-17-25-19-8-4-5-9-20(19)27;3-2(4,5)1(6)7/h1-9,17,21,24H,10-16H2;(H,6,7). The van der Waals surface area contributed by atoms with Gasteiger partial charge in [0.25, 0.3) is 0 Å². The number of rotatable bonds is 3. The molecule has 1 unspecified atom stereocenters. The Hall–Kier alpha value is -3.40. The first-order valence-corrected chi connectivity index (χ1v) is 11.5. The van der Waals surface area contributed by atoms with Crippen molar-refractivity contribution in [3.05, 3.63) is 66.5 Å². The van der Waals surface area contributed by atoms with Crippen LogP contribution < -0.4 is 5.32 Å². The van der Waals surface area contributed by atoms with Crippen LogP contribution in [0.1, 0.15) is 30.9 Å². The third-order valence-electron chi connectivity index (χ3n) is 6.77. The Morgan fingerprint density at radius 1 is 1.00 bits per heavy atom. The van der Waals surface area contributed by atoms with Crippen molar-refractivity contribution in [3.8, 4) is 0 Å². The van der Waals surface area contributed by atoms with Crippen LogP contribution in [0.2, 0.25) is 0 Å². The van der Waals surface area contributed by atoms with Crippen LogP contribution in [0.15, 0.2) is 60.9 Å². The first-order chi connectivity index (χ1) is 16.7. The third-order valence-corrected chi connectivity index (χ3v) is 6.77.